The van der Waals surface area contributed by atoms with Crippen molar-refractivity contribution in [3.8, 4) is 0 Å². The normalized spacial score (nSPS) is 12.3. The molecule has 0 saturated carbocycles. The summed E-state index contributed by atoms with van der Waals surface area (Å²) < 4.78 is 0. The number of nitrogens with zero attached hydrogens (tertiary/aromatic N) is 2. The molecular formula is C23H28ClN3O. The highest BCUT2D eigenvalue weighted by Gasteiger charge is 2.18. The Morgan fingerprint density at radius 2 is 2.00 bits per heavy atom. The van der Waals surface area contributed by atoms with Gasteiger partial charge in [0, 0.05) is 42.8 Å². The van der Waals surface area contributed by atoms with E-state index in [1.807, 2.05) is 62.6 Å². The van der Waals surface area contributed by atoms with Crippen molar-refractivity contribution in [2.45, 2.75) is 32.1 Å². The van der Waals surface area contributed by atoms with Crippen LogP contribution in [0.4, 0.5) is 0 Å². The lowest BCUT2D eigenvalue weighted by molar-refractivity contribution is -0.129. The van der Waals surface area contributed by atoms with Crippen molar-refractivity contribution >= 4 is 17.5 Å². The zero-order chi connectivity index (χ0) is 20.4. The van der Waals surface area contributed by atoms with Gasteiger partial charge in [-0.15, -0.1) is 0 Å². The van der Waals surface area contributed by atoms with E-state index in [1.165, 1.54) is 0 Å². The largest absolute Gasteiger partial charge is 0.368 e. The van der Waals surface area contributed by atoms with Crippen LogP contribution in [0.2, 0.25) is 5.02 Å². The van der Waals surface area contributed by atoms with Gasteiger partial charge in [-0.25, -0.2) is 0 Å². The number of carbonyl (C=O) groups is 1. The first-order chi connectivity index (χ1) is 13.5. The highest BCUT2D eigenvalue weighted by Crippen LogP contribution is 2.28. The van der Waals surface area contributed by atoms with Gasteiger partial charge in [0.25, 0.3) is 0 Å². The zero-order valence-corrected chi connectivity index (χ0v) is 17.3. The number of allylic oxidation sites excluding steroid dienone is 1. The third-order valence-corrected chi connectivity index (χ3v) is 4.93. The number of hydrogen-bond acceptors (Lipinski definition) is 3. The molecule has 0 radical (unpaired) electrons. The van der Waals surface area contributed by atoms with E-state index in [9.17, 15) is 4.79 Å². The molecular weight excluding hydrogens is 370 g/mol. The Labute approximate surface area is 172 Å². The van der Waals surface area contributed by atoms with Crippen LogP contribution in [-0.2, 0) is 4.79 Å². The fourth-order valence-corrected chi connectivity index (χ4v) is 3.10. The lowest BCUT2D eigenvalue weighted by atomic mass is 9.92. The smallest absolute Gasteiger partial charge is 0.222 e. The third kappa shape index (κ3) is 6.86. The summed E-state index contributed by atoms with van der Waals surface area (Å²) in [7, 11) is 1.86. The van der Waals surface area contributed by atoms with Gasteiger partial charge >= 0.3 is 0 Å². The number of pyridine rings is 1. The standard InChI is InChI=1S/C23H28ClN3O/c1-4-25-17-18(2)8-13-23(28)27(3)16-14-21(22-7-5-6-15-26-22)19-9-11-20(24)12-10-19/h4-7,9-12,15,17,21,25H,1,8,13-14,16H2,2-3H3/b18-17+. The van der Waals surface area contributed by atoms with Crippen LogP contribution in [0.25, 0.3) is 0 Å². The van der Waals surface area contributed by atoms with E-state index in [0.29, 0.717) is 18.0 Å². The zero-order valence-electron chi connectivity index (χ0n) is 16.6. The van der Waals surface area contributed by atoms with Gasteiger partial charge in [-0.3, -0.25) is 9.78 Å². The molecule has 0 aliphatic carbocycles. The van der Waals surface area contributed by atoms with Crippen LogP contribution in [0.1, 0.15) is 43.4 Å². The van der Waals surface area contributed by atoms with E-state index in [0.717, 1.165) is 29.7 Å². The van der Waals surface area contributed by atoms with Crippen molar-refractivity contribution in [3.05, 3.63) is 89.5 Å². The number of rotatable bonds is 10. The topological polar surface area (TPSA) is 45.2 Å². The fraction of sp³-hybridized carbons (Fsp3) is 0.304. The number of aromatic nitrogens is 1. The summed E-state index contributed by atoms with van der Waals surface area (Å²) in [5, 5.41) is 3.66. The van der Waals surface area contributed by atoms with Gasteiger partial charge in [0.2, 0.25) is 5.91 Å². The Bertz CT molecular complexity index is 787. The molecule has 2 aromatic rings. The van der Waals surface area contributed by atoms with Gasteiger partial charge in [-0.1, -0.05) is 42.0 Å². The second kappa shape index (κ2) is 11.3. The number of carbonyl (C=O) groups excluding carboxylic acids is 1. The molecule has 0 saturated heterocycles. The predicted molar refractivity (Wildman–Crippen MR) is 116 cm³/mol. The lowest BCUT2D eigenvalue weighted by Gasteiger charge is -2.22. The Morgan fingerprint density at radius 1 is 1.25 bits per heavy atom. The van der Waals surface area contributed by atoms with Crippen LogP contribution in [0, 0.1) is 0 Å². The molecule has 0 aliphatic heterocycles. The number of halogens is 1. The summed E-state index contributed by atoms with van der Waals surface area (Å²) in [5.41, 5.74) is 3.27. The number of hydrogen-bond donors (Lipinski definition) is 1. The van der Waals surface area contributed by atoms with Crippen LogP contribution in [0.15, 0.2) is 73.2 Å². The monoisotopic (exact) mass is 397 g/mol. The summed E-state index contributed by atoms with van der Waals surface area (Å²) in [6, 6.07) is 13.8. The minimum absolute atomic E-state index is 0.118. The van der Waals surface area contributed by atoms with Crippen molar-refractivity contribution in [3.63, 3.8) is 0 Å². The summed E-state index contributed by atoms with van der Waals surface area (Å²) in [5.74, 6) is 0.259. The van der Waals surface area contributed by atoms with Crippen molar-refractivity contribution in [1.82, 2.24) is 15.2 Å². The molecule has 5 heteroatoms. The maximum absolute atomic E-state index is 12.5. The second-order valence-electron chi connectivity index (χ2n) is 6.82. The van der Waals surface area contributed by atoms with E-state index in [1.54, 1.807) is 17.3 Å². The van der Waals surface area contributed by atoms with Gasteiger partial charge < -0.3 is 10.2 Å². The molecule has 1 atom stereocenters. The van der Waals surface area contributed by atoms with E-state index >= 15 is 0 Å². The molecule has 1 heterocycles. The van der Waals surface area contributed by atoms with E-state index in [2.05, 4.69) is 16.9 Å². The highest BCUT2D eigenvalue weighted by atomic mass is 35.5. The number of benzene rings is 1. The number of amides is 1. The van der Waals surface area contributed by atoms with Gasteiger partial charge in [0.15, 0.2) is 0 Å². The molecule has 0 bridgehead atoms. The number of nitrogens with one attached hydrogen (secondary N) is 1. The maximum atomic E-state index is 12.5. The Kier molecular flexibility index (Phi) is 8.76. The molecule has 0 spiro atoms. The SMILES string of the molecule is C=CN/C=C(\C)CCC(=O)N(C)CCC(c1ccc(Cl)cc1)c1ccccn1. The molecule has 28 heavy (non-hydrogen) atoms. The second-order valence-corrected chi connectivity index (χ2v) is 7.26. The molecule has 0 fully saturated rings. The molecule has 1 aromatic heterocycles. The molecule has 0 aliphatic rings. The maximum Gasteiger partial charge on any atom is 0.222 e. The highest BCUT2D eigenvalue weighted by molar-refractivity contribution is 6.30. The average molecular weight is 398 g/mol. The van der Waals surface area contributed by atoms with Crippen molar-refractivity contribution in [1.29, 1.82) is 0 Å². The molecule has 148 valence electrons. The van der Waals surface area contributed by atoms with Gasteiger partial charge in [0.1, 0.15) is 0 Å². The first-order valence-electron chi connectivity index (χ1n) is 9.44. The molecule has 1 aromatic carbocycles. The van der Waals surface area contributed by atoms with Crippen molar-refractivity contribution in [2.75, 3.05) is 13.6 Å². The first-order valence-corrected chi connectivity index (χ1v) is 9.82. The Morgan fingerprint density at radius 3 is 2.64 bits per heavy atom. The minimum atomic E-state index is 0.118. The van der Waals surface area contributed by atoms with E-state index in [-0.39, 0.29) is 11.8 Å². The predicted octanol–water partition coefficient (Wildman–Crippen LogP) is 5.13. The molecule has 1 unspecified atom stereocenters. The lowest BCUT2D eigenvalue weighted by Crippen LogP contribution is -2.28. The van der Waals surface area contributed by atoms with E-state index in [4.69, 9.17) is 11.6 Å². The van der Waals surface area contributed by atoms with Crippen LogP contribution >= 0.6 is 11.6 Å². The van der Waals surface area contributed by atoms with Crippen molar-refractivity contribution in [2.24, 2.45) is 0 Å². The van der Waals surface area contributed by atoms with Gasteiger partial charge in [0.05, 0.1) is 0 Å². The summed E-state index contributed by atoms with van der Waals surface area (Å²) in [6.07, 6.45) is 7.31. The summed E-state index contributed by atoms with van der Waals surface area (Å²) in [6.45, 7) is 6.27. The van der Waals surface area contributed by atoms with Crippen molar-refractivity contribution < 1.29 is 4.79 Å². The quantitative estimate of drug-likeness (QED) is 0.604. The Hall–Kier alpha value is -2.59. The minimum Gasteiger partial charge on any atom is -0.368 e. The third-order valence-electron chi connectivity index (χ3n) is 4.68. The van der Waals surface area contributed by atoms with Crippen LogP contribution in [0.3, 0.4) is 0 Å². The Balaban J connectivity index is 1.99. The molecule has 2 rings (SSSR count). The molecule has 1 N–H and O–H groups in total. The fourth-order valence-electron chi connectivity index (χ4n) is 2.98. The molecule has 4 nitrogen and oxygen atoms in total. The van der Waals surface area contributed by atoms with Gasteiger partial charge in [-0.2, -0.15) is 0 Å². The van der Waals surface area contributed by atoms with Gasteiger partial charge in [-0.05, 0) is 62.0 Å². The van der Waals surface area contributed by atoms with E-state index < -0.39 is 0 Å². The summed E-state index contributed by atoms with van der Waals surface area (Å²) in [4.78, 5) is 18.8. The summed E-state index contributed by atoms with van der Waals surface area (Å²) >= 11 is 6.04. The van der Waals surface area contributed by atoms with Crippen LogP contribution in [0.5, 0.6) is 0 Å². The molecule has 1 amide bonds. The average Bonchev–Trinajstić information content (AvgIpc) is 2.72. The van der Waals surface area contributed by atoms with Crippen LogP contribution < -0.4 is 5.32 Å². The first kappa shape index (κ1) is 21.7. The van der Waals surface area contributed by atoms with Crippen LogP contribution in [-0.4, -0.2) is 29.4 Å².